The van der Waals surface area contributed by atoms with Gasteiger partial charge in [0.15, 0.2) is 0 Å². The molecule has 0 unspecified atom stereocenters. The zero-order chi connectivity index (χ0) is 23.9. The third-order valence-electron chi connectivity index (χ3n) is 6.53. The quantitative estimate of drug-likeness (QED) is 0.386. The monoisotopic (exact) mass is 466 g/mol. The van der Waals surface area contributed by atoms with Crippen LogP contribution in [-0.4, -0.2) is 22.6 Å². The van der Waals surface area contributed by atoms with Crippen molar-refractivity contribution < 1.29 is 14.0 Å². The van der Waals surface area contributed by atoms with Crippen LogP contribution in [0.2, 0.25) is 0 Å². The summed E-state index contributed by atoms with van der Waals surface area (Å²) in [7, 11) is 0. The van der Waals surface area contributed by atoms with Gasteiger partial charge in [0.1, 0.15) is 11.7 Å². The van der Waals surface area contributed by atoms with Crippen molar-refractivity contribution in [3.63, 3.8) is 0 Å². The van der Waals surface area contributed by atoms with Crippen LogP contribution in [-0.2, 0) is 17.8 Å². The molecule has 6 rings (SSSR count). The summed E-state index contributed by atoms with van der Waals surface area (Å²) in [5.41, 5.74) is 6.21. The Morgan fingerprint density at radius 1 is 1.00 bits per heavy atom. The van der Waals surface area contributed by atoms with Crippen molar-refractivity contribution in [1.29, 1.82) is 0 Å². The number of hydrogen-bond donors (Lipinski definition) is 3. The number of carbonyl (C=O) groups excluding carboxylic acids is 2. The van der Waals surface area contributed by atoms with Gasteiger partial charge in [0.05, 0.1) is 11.3 Å². The van der Waals surface area contributed by atoms with Gasteiger partial charge in [-0.3, -0.25) is 9.59 Å². The van der Waals surface area contributed by atoms with Crippen molar-refractivity contribution in [3.8, 4) is 11.1 Å². The van der Waals surface area contributed by atoms with E-state index in [1.165, 1.54) is 12.1 Å². The van der Waals surface area contributed by atoms with Crippen molar-refractivity contribution >= 4 is 34.2 Å². The number of nitrogens with one attached hydrogen (secondary N) is 3. The van der Waals surface area contributed by atoms with Crippen LogP contribution in [0.5, 0.6) is 0 Å². The number of amidine groups is 1. The molecule has 1 aliphatic heterocycles. The number of benzene rings is 3. The molecular formula is C28H23FN4O2. The van der Waals surface area contributed by atoms with Gasteiger partial charge in [-0.2, -0.15) is 0 Å². The van der Waals surface area contributed by atoms with Gasteiger partial charge in [-0.15, -0.1) is 0 Å². The maximum Gasteiger partial charge on any atom is 0.253 e. The minimum Gasteiger partial charge on any atom is -0.360 e. The maximum atomic E-state index is 13.1. The average Bonchev–Trinajstić information content (AvgIpc) is 3.52. The summed E-state index contributed by atoms with van der Waals surface area (Å²) in [4.78, 5) is 32.7. The Labute approximate surface area is 201 Å². The highest BCUT2D eigenvalue weighted by molar-refractivity contribution is 6.08. The fraction of sp³-hybridized carbons (Fsp3) is 0.179. The molecule has 3 aromatic carbocycles. The molecule has 6 nitrogen and oxygen atoms in total. The summed E-state index contributed by atoms with van der Waals surface area (Å²) >= 11 is 0. The fourth-order valence-corrected chi connectivity index (χ4v) is 4.41. The molecule has 4 aromatic rings. The molecule has 35 heavy (non-hydrogen) atoms. The summed E-state index contributed by atoms with van der Waals surface area (Å²) in [6.45, 7) is 0.315. The zero-order valence-electron chi connectivity index (χ0n) is 18.9. The number of rotatable bonds is 5. The van der Waals surface area contributed by atoms with Gasteiger partial charge in [-0.05, 0) is 71.5 Å². The van der Waals surface area contributed by atoms with E-state index in [2.05, 4.69) is 26.7 Å². The lowest BCUT2D eigenvalue weighted by molar-refractivity contribution is -0.120. The number of carbonyl (C=O) groups is 2. The van der Waals surface area contributed by atoms with Gasteiger partial charge in [0.2, 0.25) is 5.91 Å². The molecule has 1 saturated carbocycles. The molecule has 1 aliphatic carbocycles. The highest BCUT2D eigenvalue weighted by Gasteiger charge is 2.31. The molecule has 1 fully saturated rings. The van der Waals surface area contributed by atoms with E-state index in [0.717, 1.165) is 51.7 Å². The molecule has 174 valence electrons. The van der Waals surface area contributed by atoms with Crippen LogP contribution in [0.1, 0.15) is 34.3 Å². The highest BCUT2D eigenvalue weighted by Crippen LogP contribution is 2.34. The van der Waals surface area contributed by atoms with Gasteiger partial charge in [-0.1, -0.05) is 24.3 Å². The average molecular weight is 467 g/mol. The summed E-state index contributed by atoms with van der Waals surface area (Å²) in [5, 5.41) is 6.69. The lowest BCUT2D eigenvalue weighted by Crippen LogP contribution is -2.31. The number of nitrogens with zero attached hydrogens (tertiary/aromatic N) is 1. The second kappa shape index (κ2) is 8.51. The van der Waals surface area contributed by atoms with Gasteiger partial charge in [0, 0.05) is 36.0 Å². The SMILES string of the molecule is O=C(NCc1ccc(F)cc1)c1c[nH]c2ccc(-c3ccc4c(c3)CC(NC(=O)C3CC3)=N4)cc12. The molecule has 2 amide bonds. The molecule has 2 heterocycles. The van der Waals surface area contributed by atoms with Crippen LogP contribution in [0.25, 0.3) is 22.0 Å². The molecule has 3 N–H and O–H groups in total. The van der Waals surface area contributed by atoms with Crippen molar-refractivity contribution in [2.75, 3.05) is 0 Å². The number of halogens is 1. The molecule has 0 bridgehead atoms. The normalized spacial score (nSPS) is 14.5. The fourth-order valence-electron chi connectivity index (χ4n) is 4.41. The summed E-state index contributed by atoms with van der Waals surface area (Å²) in [5.74, 6) is 0.417. The number of aliphatic imine (C=N–C) groups is 1. The Morgan fingerprint density at radius 3 is 2.57 bits per heavy atom. The second-order valence-electron chi connectivity index (χ2n) is 9.11. The van der Waals surface area contributed by atoms with Crippen LogP contribution in [0.3, 0.4) is 0 Å². The van der Waals surface area contributed by atoms with E-state index < -0.39 is 0 Å². The van der Waals surface area contributed by atoms with E-state index in [4.69, 9.17) is 0 Å². The van der Waals surface area contributed by atoms with E-state index in [0.29, 0.717) is 24.4 Å². The van der Waals surface area contributed by atoms with Gasteiger partial charge in [-0.25, -0.2) is 9.38 Å². The van der Waals surface area contributed by atoms with Crippen LogP contribution < -0.4 is 10.6 Å². The zero-order valence-corrected chi connectivity index (χ0v) is 18.9. The Bertz CT molecular complexity index is 1500. The van der Waals surface area contributed by atoms with Gasteiger partial charge < -0.3 is 15.6 Å². The van der Waals surface area contributed by atoms with Crippen LogP contribution in [0.4, 0.5) is 10.1 Å². The number of amides is 2. The minimum absolute atomic E-state index is 0.0694. The van der Waals surface area contributed by atoms with Crippen molar-refractivity contribution in [2.24, 2.45) is 10.9 Å². The number of fused-ring (bicyclic) bond motifs is 2. The van der Waals surface area contributed by atoms with E-state index in [1.807, 2.05) is 30.3 Å². The number of H-pyrrole nitrogens is 1. The molecule has 0 radical (unpaired) electrons. The van der Waals surface area contributed by atoms with E-state index in [-0.39, 0.29) is 23.5 Å². The van der Waals surface area contributed by atoms with Crippen LogP contribution in [0.15, 0.2) is 71.9 Å². The standard InChI is InChI=1S/C28H23FN4O2/c29-21-7-1-16(2-8-21)14-31-28(35)23-15-30-25-10-6-19(12-22(23)25)18-5-9-24-20(11-18)13-26(32-24)33-27(34)17-3-4-17/h1-2,5-12,15,17,30H,3-4,13-14H2,(H,31,35)(H,32,33,34). The first kappa shape index (κ1) is 21.3. The van der Waals surface area contributed by atoms with Crippen LogP contribution in [0, 0.1) is 11.7 Å². The van der Waals surface area contributed by atoms with Crippen molar-refractivity contribution in [3.05, 3.63) is 89.4 Å². The van der Waals surface area contributed by atoms with Crippen molar-refractivity contribution in [1.82, 2.24) is 15.6 Å². The largest absolute Gasteiger partial charge is 0.360 e. The van der Waals surface area contributed by atoms with E-state index >= 15 is 0 Å². The lowest BCUT2D eigenvalue weighted by Gasteiger charge is -2.07. The first-order valence-electron chi connectivity index (χ1n) is 11.7. The number of aromatic amines is 1. The van der Waals surface area contributed by atoms with Crippen LogP contribution >= 0.6 is 0 Å². The summed E-state index contributed by atoms with van der Waals surface area (Å²) < 4.78 is 13.1. The molecule has 0 saturated heterocycles. The molecular weight excluding hydrogens is 443 g/mol. The molecule has 0 spiro atoms. The smallest absolute Gasteiger partial charge is 0.253 e. The Balaban J connectivity index is 1.20. The van der Waals surface area contributed by atoms with E-state index in [9.17, 15) is 14.0 Å². The predicted octanol–water partition coefficient (Wildman–Crippen LogP) is 5.02. The third-order valence-corrected chi connectivity index (χ3v) is 6.53. The Morgan fingerprint density at radius 2 is 1.77 bits per heavy atom. The Kier molecular flexibility index (Phi) is 5.17. The second-order valence-corrected chi connectivity index (χ2v) is 9.11. The lowest BCUT2D eigenvalue weighted by atomic mass is 9.99. The van der Waals surface area contributed by atoms with Gasteiger partial charge in [0.25, 0.3) is 5.91 Å². The predicted molar refractivity (Wildman–Crippen MR) is 133 cm³/mol. The number of aromatic nitrogens is 1. The molecule has 7 heteroatoms. The first-order valence-corrected chi connectivity index (χ1v) is 11.7. The molecule has 1 aromatic heterocycles. The molecule has 2 aliphatic rings. The topological polar surface area (TPSA) is 86.4 Å². The highest BCUT2D eigenvalue weighted by atomic mass is 19.1. The van der Waals surface area contributed by atoms with Crippen molar-refractivity contribution in [2.45, 2.75) is 25.8 Å². The number of hydrogen-bond acceptors (Lipinski definition) is 3. The maximum absolute atomic E-state index is 13.1. The Hall–Kier alpha value is -4.26. The van der Waals surface area contributed by atoms with Gasteiger partial charge >= 0.3 is 0 Å². The van der Waals surface area contributed by atoms with E-state index in [1.54, 1.807) is 18.3 Å². The summed E-state index contributed by atoms with van der Waals surface area (Å²) in [6.07, 6.45) is 4.24. The minimum atomic E-state index is -0.304. The third kappa shape index (κ3) is 4.33. The molecule has 0 atom stereocenters. The summed E-state index contributed by atoms with van der Waals surface area (Å²) in [6, 6.07) is 18.1. The first-order chi connectivity index (χ1) is 17.0.